The van der Waals surface area contributed by atoms with Crippen molar-refractivity contribution >= 4 is 12.0 Å². The van der Waals surface area contributed by atoms with Gasteiger partial charge in [-0.15, -0.1) is 0 Å². The molecule has 1 aromatic rings. The molecule has 1 atom stereocenters. The fourth-order valence-corrected chi connectivity index (χ4v) is 1.94. The summed E-state index contributed by atoms with van der Waals surface area (Å²) in [6.07, 6.45) is -4.50. The van der Waals surface area contributed by atoms with Gasteiger partial charge in [0.1, 0.15) is 12.7 Å². The van der Waals surface area contributed by atoms with Gasteiger partial charge >= 0.3 is 12.3 Å². The molecule has 0 radical (unpaired) electrons. The van der Waals surface area contributed by atoms with Gasteiger partial charge in [-0.25, -0.2) is 4.79 Å². The molecule has 1 aliphatic heterocycles. The van der Waals surface area contributed by atoms with Gasteiger partial charge in [0.15, 0.2) is 5.69 Å². The number of fused-ring (bicyclic) bond motifs is 1. The highest BCUT2D eigenvalue weighted by atomic mass is 19.4. The number of carbonyl (C=O) groups excluding carboxylic acids is 2. The van der Waals surface area contributed by atoms with E-state index in [4.69, 9.17) is 4.74 Å². The molecule has 126 valence electrons. The lowest BCUT2D eigenvalue weighted by Crippen LogP contribution is -2.54. The number of hydrogen-bond acceptors (Lipinski definition) is 5. The lowest BCUT2D eigenvalue weighted by atomic mass is 10.2. The number of halogens is 3. The SMILES string of the molecule is CNC(=O)Oc1c2n(ccc1=O)NCN([C@H](C)C(F)(F)F)C2=O. The predicted octanol–water partition coefficient (Wildman–Crippen LogP) is 0.474. The van der Waals surface area contributed by atoms with Gasteiger partial charge in [-0.3, -0.25) is 14.3 Å². The number of rotatable bonds is 2. The Hall–Kier alpha value is -2.72. The molecule has 0 fully saturated rings. The van der Waals surface area contributed by atoms with E-state index in [0.29, 0.717) is 4.90 Å². The molecule has 8 nitrogen and oxygen atoms in total. The van der Waals surface area contributed by atoms with E-state index in [1.54, 1.807) is 0 Å². The zero-order chi connectivity index (χ0) is 17.4. The van der Waals surface area contributed by atoms with Gasteiger partial charge in [0, 0.05) is 19.3 Å². The summed E-state index contributed by atoms with van der Waals surface area (Å²) >= 11 is 0. The van der Waals surface area contributed by atoms with Crippen LogP contribution in [0.25, 0.3) is 0 Å². The van der Waals surface area contributed by atoms with Gasteiger partial charge in [0.05, 0.1) is 0 Å². The maximum Gasteiger partial charge on any atom is 0.412 e. The first-order valence-corrected chi connectivity index (χ1v) is 6.43. The highest BCUT2D eigenvalue weighted by Gasteiger charge is 2.44. The minimum atomic E-state index is -4.64. The van der Waals surface area contributed by atoms with E-state index in [9.17, 15) is 27.6 Å². The summed E-state index contributed by atoms with van der Waals surface area (Å²) in [5, 5.41) is 2.09. The molecule has 2 rings (SSSR count). The first kappa shape index (κ1) is 16.6. The molecular weight excluding hydrogens is 321 g/mol. The minimum Gasteiger partial charge on any atom is -0.404 e. The molecule has 0 bridgehead atoms. The molecule has 0 saturated heterocycles. The third-order valence-electron chi connectivity index (χ3n) is 3.27. The Morgan fingerprint density at radius 1 is 1.43 bits per heavy atom. The molecule has 0 aromatic carbocycles. The Kier molecular flexibility index (Phi) is 4.21. The smallest absolute Gasteiger partial charge is 0.404 e. The Bertz CT molecular complexity index is 701. The summed E-state index contributed by atoms with van der Waals surface area (Å²) < 4.78 is 44.3. The topological polar surface area (TPSA) is 92.7 Å². The maximum absolute atomic E-state index is 12.8. The number of nitrogens with one attached hydrogen (secondary N) is 2. The van der Waals surface area contributed by atoms with Crippen molar-refractivity contribution in [3.8, 4) is 5.75 Å². The van der Waals surface area contributed by atoms with Crippen LogP contribution in [-0.4, -0.2) is 47.5 Å². The van der Waals surface area contributed by atoms with E-state index >= 15 is 0 Å². The lowest BCUT2D eigenvalue weighted by molar-refractivity contribution is -0.172. The number of amides is 2. The largest absolute Gasteiger partial charge is 0.412 e. The highest BCUT2D eigenvalue weighted by molar-refractivity contribution is 5.97. The number of alkyl halides is 3. The molecule has 2 amide bonds. The van der Waals surface area contributed by atoms with Crippen LogP contribution in [0.3, 0.4) is 0 Å². The molecule has 2 N–H and O–H groups in total. The van der Waals surface area contributed by atoms with Crippen molar-refractivity contribution in [1.82, 2.24) is 14.9 Å². The van der Waals surface area contributed by atoms with Gasteiger partial charge in [-0.2, -0.15) is 13.2 Å². The summed E-state index contributed by atoms with van der Waals surface area (Å²) in [7, 11) is 1.23. The number of aromatic nitrogens is 1. The lowest BCUT2D eigenvalue weighted by Gasteiger charge is -2.36. The van der Waals surface area contributed by atoms with Crippen LogP contribution in [0.5, 0.6) is 5.75 Å². The second-order valence-corrected chi connectivity index (χ2v) is 4.68. The summed E-state index contributed by atoms with van der Waals surface area (Å²) in [6.45, 7) is 0.393. The van der Waals surface area contributed by atoms with E-state index in [2.05, 4.69) is 10.7 Å². The molecule has 0 unspecified atom stereocenters. The second kappa shape index (κ2) is 5.82. The van der Waals surface area contributed by atoms with Gasteiger partial charge < -0.3 is 20.4 Å². The standard InChI is InChI=1S/C12H13F3N4O4/c1-6(12(13,14)15)18-5-17-19-4-3-7(20)9(8(19)10(18)21)23-11(22)16-2/h3-4,6,17H,5H2,1-2H3,(H,16,22)/t6-/m1/s1. The van der Waals surface area contributed by atoms with Crippen molar-refractivity contribution in [2.75, 3.05) is 19.1 Å². The van der Waals surface area contributed by atoms with Crippen molar-refractivity contribution in [3.05, 3.63) is 28.2 Å². The second-order valence-electron chi connectivity index (χ2n) is 4.68. The Labute approximate surface area is 127 Å². The van der Waals surface area contributed by atoms with Gasteiger partial charge in [-0.05, 0) is 6.92 Å². The number of ether oxygens (including phenoxy) is 1. The quantitative estimate of drug-likeness (QED) is 0.820. The Morgan fingerprint density at radius 2 is 2.09 bits per heavy atom. The molecule has 23 heavy (non-hydrogen) atoms. The Morgan fingerprint density at radius 3 is 2.65 bits per heavy atom. The molecular formula is C12H13F3N4O4. The van der Waals surface area contributed by atoms with Crippen molar-refractivity contribution in [1.29, 1.82) is 0 Å². The van der Waals surface area contributed by atoms with Crippen LogP contribution in [-0.2, 0) is 0 Å². The average molecular weight is 334 g/mol. The number of hydrogen-bond donors (Lipinski definition) is 2. The zero-order valence-electron chi connectivity index (χ0n) is 12.1. The summed E-state index contributed by atoms with van der Waals surface area (Å²) in [4.78, 5) is 36.0. The molecule has 1 aliphatic rings. The van der Waals surface area contributed by atoms with Crippen molar-refractivity contribution < 1.29 is 27.5 Å². The fraction of sp³-hybridized carbons (Fsp3) is 0.417. The van der Waals surface area contributed by atoms with Crippen LogP contribution in [0.2, 0.25) is 0 Å². The monoisotopic (exact) mass is 334 g/mol. The number of pyridine rings is 1. The van der Waals surface area contributed by atoms with Crippen molar-refractivity contribution in [2.24, 2.45) is 0 Å². The molecule has 1 aromatic heterocycles. The third kappa shape index (κ3) is 3.07. The van der Waals surface area contributed by atoms with Crippen LogP contribution < -0.4 is 20.9 Å². The van der Waals surface area contributed by atoms with Crippen molar-refractivity contribution in [2.45, 2.75) is 19.1 Å². The third-order valence-corrected chi connectivity index (χ3v) is 3.27. The van der Waals surface area contributed by atoms with E-state index < -0.39 is 47.8 Å². The van der Waals surface area contributed by atoms with Gasteiger partial charge in [0.25, 0.3) is 5.91 Å². The summed E-state index contributed by atoms with van der Waals surface area (Å²) in [5.74, 6) is -1.73. The van der Waals surface area contributed by atoms with E-state index in [0.717, 1.165) is 17.7 Å². The molecule has 0 spiro atoms. The van der Waals surface area contributed by atoms with Crippen LogP contribution in [0.1, 0.15) is 17.4 Å². The normalized spacial score (nSPS) is 15.5. The van der Waals surface area contributed by atoms with Crippen molar-refractivity contribution in [3.63, 3.8) is 0 Å². The number of carbonyl (C=O) groups is 2. The minimum absolute atomic E-state index is 0.422. The average Bonchev–Trinajstić information content (AvgIpc) is 2.48. The molecule has 0 saturated carbocycles. The first-order valence-electron chi connectivity index (χ1n) is 6.43. The fourth-order valence-electron chi connectivity index (χ4n) is 1.94. The molecule has 0 aliphatic carbocycles. The summed E-state index contributed by atoms with van der Waals surface area (Å²) in [6, 6.07) is -1.07. The van der Waals surface area contributed by atoms with Crippen LogP contribution in [0.4, 0.5) is 18.0 Å². The molecule has 11 heteroatoms. The predicted molar refractivity (Wildman–Crippen MR) is 71.7 cm³/mol. The van der Waals surface area contributed by atoms with Gasteiger partial charge in [-0.1, -0.05) is 0 Å². The molecule has 2 heterocycles. The maximum atomic E-state index is 12.8. The van der Waals surface area contributed by atoms with E-state index in [1.165, 1.54) is 13.2 Å². The number of nitrogens with zero attached hydrogens (tertiary/aromatic N) is 2. The van der Waals surface area contributed by atoms with E-state index in [1.807, 2.05) is 0 Å². The first-order chi connectivity index (χ1) is 10.7. The Balaban J connectivity index is 2.48. The zero-order valence-corrected chi connectivity index (χ0v) is 12.1. The van der Waals surface area contributed by atoms with Crippen LogP contribution >= 0.6 is 0 Å². The highest BCUT2D eigenvalue weighted by Crippen LogP contribution is 2.28. The van der Waals surface area contributed by atoms with Gasteiger partial charge in [0.2, 0.25) is 11.2 Å². The van der Waals surface area contributed by atoms with E-state index in [-0.39, 0.29) is 0 Å². The van der Waals surface area contributed by atoms with Crippen LogP contribution in [0.15, 0.2) is 17.1 Å². The van der Waals surface area contributed by atoms with Crippen LogP contribution in [0, 0.1) is 0 Å². The summed E-state index contributed by atoms with van der Waals surface area (Å²) in [5.41, 5.74) is 1.23.